The third-order valence-corrected chi connectivity index (χ3v) is 2.55. The Balaban J connectivity index is 2.93. The van der Waals surface area contributed by atoms with E-state index in [1.165, 1.54) is 18.2 Å². The van der Waals surface area contributed by atoms with E-state index >= 15 is 0 Å². The van der Waals surface area contributed by atoms with Gasteiger partial charge in [0.2, 0.25) is 5.91 Å². The van der Waals surface area contributed by atoms with Crippen molar-refractivity contribution in [3.63, 3.8) is 0 Å². The van der Waals surface area contributed by atoms with Gasteiger partial charge in [-0.15, -0.1) is 0 Å². The molecule has 0 aliphatic rings. The normalized spacial score (nSPS) is 13.8. The number of halogens is 1. The monoisotopic (exact) mass is 254 g/mol. The molecule has 0 heterocycles. The summed E-state index contributed by atoms with van der Waals surface area (Å²) >= 11 is 5.85. The van der Waals surface area contributed by atoms with Gasteiger partial charge in [-0.3, -0.25) is 4.79 Å². The molecule has 6 heteroatoms. The topological polar surface area (TPSA) is 107 Å². The second kappa shape index (κ2) is 5.64. The maximum atomic E-state index is 10.6. The second-order valence-electron chi connectivity index (χ2n) is 3.53. The van der Waals surface area contributed by atoms with E-state index in [4.69, 9.17) is 22.6 Å². The minimum absolute atomic E-state index is 0.153. The van der Waals surface area contributed by atoms with Gasteiger partial charge in [-0.25, -0.2) is 0 Å². The quantitative estimate of drug-likeness (QED) is 0.726. The number of nitrogens with two attached hydrogens (primary N) is 1. The van der Waals surface area contributed by atoms with Crippen LogP contribution in [0.25, 0.3) is 0 Å². The summed E-state index contributed by atoms with van der Waals surface area (Å²) < 4.78 is 0. The zero-order chi connectivity index (χ0) is 13.0. The zero-order valence-corrected chi connectivity index (χ0v) is 9.55. The molecule has 0 aliphatic carbocycles. The van der Waals surface area contributed by atoms with Gasteiger partial charge in [0.1, 0.15) is 6.10 Å². The second-order valence-corrected chi connectivity index (χ2v) is 3.94. The number of primary amides is 1. The number of benzene rings is 1. The van der Waals surface area contributed by atoms with Crippen LogP contribution in [0.1, 0.15) is 23.7 Å². The molecular weight excluding hydrogens is 244 g/mol. The molecule has 0 fully saturated rings. The molecule has 1 rings (SSSR count). The largest absolute Gasteiger partial charge is 0.390 e. The van der Waals surface area contributed by atoms with Crippen LogP contribution in [-0.2, 0) is 4.79 Å². The van der Waals surface area contributed by atoms with Crippen molar-refractivity contribution in [2.45, 2.75) is 18.6 Å². The van der Waals surface area contributed by atoms with E-state index in [-0.39, 0.29) is 17.0 Å². The predicted molar refractivity (Wildman–Crippen MR) is 60.9 cm³/mol. The number of nitriles is 1. The summed E-state index contributed by atoms with van der Waals surface area (Å²) in [6, 6.07) is 6.15. The maximum Gasteiger partial charge on any atom is 0.220 e. The minimum Gasteiger partial charge on any atom is -0.390 e. The maximum absolute atomic E-state index is 10.6. The van der Waals surface area contributed by atoms with E-state index in [2.05, 4.69) is 0 Å². The Bertz CT molecular complexity index is 470. The lowest BCUT2D eigenvalue weighted by Gasteiger charge is -2.18. The third-order valence-electron chi connectivity index (χ3n) is 2.22. The molecule has 0 aliphatic heterocycles. The van der Waals surface area contributed by atoms with Crippen molar-refractivity contribution < 1.29 is 15.0 Å². The number of aliphatic hydroxyl groups is 2. The number of carbonyl (C=O) groups excluding carboxylic acids is 1. The number of aliphatic hydroxyl groups excluding tert-OH is 2. The van der Waals surface area contributed by atoms with Crippen molar-refractivity contribution in [1.29, 1.82) is 5.26 Å². The molecule has 0 saturated heterocycles. The fourth-order valence-corrected chi connectivity index (χ4v) is 1.65. The molecule has 0 saturated carbocycles. The Kier molecular flexibility index (Phi) is 4.46. The fourth-order valence-electron chi connectivity index (χ4n) is 1.36. The van der Waals surface area contributed by atoms with E-state index in [1.807, 2.05) is 6.07 Å². The molecule has 90 valence electrons. The molecule has 1 aromatic rings. The van der Waals surface area contributed by atoms with Crippen molar-refractivity contribution in [3.8, 4) is 6.07 Å². The van der Waals surface area contributed by atoms with E-state index in [1.54, 1.807) is 0 Å². The summed E-state index contributed by atoms with van der Waals surface area (Å²) in [7, 11) is 0. The lowest BCUT2D eigenvalue weighted by atomic mass is 10.0. The van der Waals surface area contributed by atoms with E-state index in [0.717, 1.165) is 0 Å². The first-order valence-corrected chi connectivity index (χ1v) is 5.17. The highest BCUT2D eigenvalue weighted by Gasteiger charge is 2.22. The standard InChI is InChI=1S/C11H11ClN2O3/c12-8-3-6(5-13)1-2-7(8)11(17)9(15)4-10(14)16/h1-3,9,11,15,17H,4H2,(H2,14,16). The molecule has 1 amide bonds. The third kappa shape index (κ3) is 3.43. The Labute approximate surface area is 103 Å². The Morgan fingerprint density at radius 3 is 2.65 bits per heavy atom. The summed E-state index contributed by atoms with van der Waals surface area (Å²) in [4.78, 5) is 10.6. The Morgan fingerprint density at radius 2 is 2.18 bits per heavy atom. The van der Waals surface area contributed by atoms with Gasteiger partial charge in [-0.1, -0.05) is 17.7 Å². The molecule has 17 heavy (non-hydrogen) atoms. The summed E-state index contributed by atoms with van der Waals surface area (Å²) in [5.41, 5.74) is 5.50. The van der Waals surface area contributed by atoms with Crippen molar-refractivity contribution in [2.75, 3.05) is 0 Å². The fraction of sp³-hybridized carbons (Fsp3) is 0.273. The van der Waals surface area contributed by atoms with Crippen LogP contribution in [0.15, 0.2) is 18.2 Å². The molecular formula is C11H11ClN2O3. The molecule has 5 nitrogen and oxygen atoms in total. The van der Waals surface area contributed by atoms with Crippen LogP contribution < -0.4 is 5.73 Å². The number of carbonyl (C=O) groups is 1. The van der Waals surface area contributed by atoms with Crippen LogP contribution in [0.4, 0.5) is 0 Å². The van der Waals surface area contributed by atoms with Gasteiger partial charge in [0.25, 0.3) is 0 Å². The molecule has 0 radical (unpaired) electrons. The van der Waals surface area contributed by atoms with E-state index in [0.29, 0.717) is 5.56 Å². The highest BCUT2D eigenvalue weighted by molar-refractivity contribution is 6.31. The highest BCUT2D eigenvalue weighted by Crippen LogP contribution is 2.27. The molecule has 0 spiro atoms. The first kappa shape index (κ1) is 13.5. The minimum atomic E-state index is -1.32. The lowest BCUT2D eigenvalue weighted by Crippen LogP contribution is -2.25. The predicted octanol–water partition coefficient (Wildman–Crippen LogP) is 0.481. The van der Waals surface area contributed by atoms with Gasteiger partial charge in [0.15, 0.2) is 0 Å². The van der Waals surface area contributed by atoms with Gasteiger partial charge in [0, 0.05) is 10.6 Å². The lowest BCUT2D eigenvalue weighted by molar-refractivity contribution is -0.121. The number of hydrogen-bond donors (Lipinski definition) is 3. The van der Waals surface area contributed by atoms with Crippen LogP contribution in [-0.4, -0.2) is 22.2 Å². The average molecular weight is 255 g/mol. The molecule has 0 aromatic heterocycles. The van der Waals surface area contributed by atoms with Gasteiger partial charge >= 0.3 is 0 Å². The van der Waals surface area contributed by atoms with Crippen molar-refractivity contribution in [2.24, 2.45) is 5.73 Å². The first-order valence-electron chi connectivity index (χ1n) is 4.79. The van der Waals surface area contributed by atoms with Crippen LogP contribution in [0.3, 0.4) is 0 Å². The van der Waals surface area contributed by atoms with Gasteiger partial charge < -0.3 is 15.9 Å². The molecule has 2 atom stereocenters. The first-order chi connectivity index (χ1) is 7.95. The Morgan fingerprint density at radius 1 is 1.53 bits per heavy atom. The number of hydrogen-bond acceptors (Lipinski definition) is 4. The summed E-state index contributed by atoms with van der Waals surface area (Å²) in [5.74, 6) is -0.721. The van der Waals surface area contributed by atoms with E-state index < -0.39 is 18.1 Å². The van der Waals surface area contributed by atoms with Crippen LogP contribution in [0, 0.1) is 11.3 Å². The average Bonchev–Trinajstić information content (AvgIpc) is 2.27. The van der Waals surface area contributed by atoms with Crippen LogP contribution in [0.2, 0.25) is 5.02 Å². The van der Waals surface area contributed by atoms with Crippen molar-refractivity contribution in [1.82, 2.24) is 0 Å². The SMILES string of the molecule is N#Cc1ccc(C(O)C(O)CC(N)=O)c(Cl)c1. The molecule has 1 aromatic carbocycles. The van der Waals surface area contributed by atoms with Crippen molar-refractivity contribution >= 4 is 17.5 Å². The molecule has 0 bridgehead atoms. The Hall–Kier alpha value is -1.61. The number of nitrogens with zero attached hydrogens (tertiary/aromatic N) is 1. The van der Waals surface area contributed by atoms with Gasteiger partial charge in [0.05, 0.1) is 24.2 Å². The summed E-state index contributed by atoms with van der Waals surface area (Å²) in [6.45, 7) is 0. The smallest absolute Gasteiger partial charge is 0.220 e. The molecule has 4 N–H and O–H groups in total. The highest BCUT2D eigenvalue weighted by atomic mass is 35.5. The number of amides is 1. The van der Waals surface area contributed by atoms with E-state index in [9.17, 15) is 15.0 Å². The van der Waals surface area contributed by atoms with Crippen LogP contribution >= 0.6 is 11.6 Å². The summed E-state index contributed by atoms with van der Waals surface area (Å²) in [5, 5.41) is 28.1. The van der Waals surface area contributed by atoms with Crippen LogP contribution in [0.5, 0.6) is 0 Å². The van der Waals surface area contributed by atoms with Gasteiger partial charge in [-0.05, 0) is 12.1 Å². The zero-order valence-electron chi connectivity index (χ0n) is 8.80. The van der Waals surface area contributed by atoms with Crippen molar-refractivity contribution in [3.05, 3.63) is 34.3 Å². The number of rotatable bonds is 4. The molecule has 2 unspecified atom stereocenters. The summed E-state index contributed by atoms with van der Waals surface area (Å²) in [6.07, 6.45) is -3.00. The van der Waals surface area contributed by atoms with Gasteiger partial charge in [-0.2, -0.15) is 5.26 Å².